The molecule has 4 unspecified atom stereocenters. The monoisotopic (exact) mass is 300 g/mol. The molecule has 0 amide bonds. The molecule has 2 aliphatic carbocycles. The van der Waals surface area contributed by atoms with Crippen LogP contribution in [0, 0.1) is 17.8 Å². The number of para-hydroxylation sites is 1. The fourth-order valence-corrected chi connectivity index (χ4v) is 5.40. The van der Waals surface area contributed by atoms with Crippen molar-refractivity contribution in [3.8, 4) is 5.75 Å². The Hall–Kier alpha value is -1.02. The van der Waals surface area contributed by atoms with E-state index in [1.54, 1.807) is 0 Å². The zero-order chi connectivity index (χ0) is 15.2. The summed E-state index contributed by atoms with van der Waals surface area (Å²) in [6.07, 6.45) is 8.33. The van der Waals surface area contributed by atoms with Crippen LogP contribution in [0.4, 0.5) is 0 Å². The average molecular weight is 300 g/mol. The summed E-state index contributed by atoms with van der Waals surface area (Å²) >= 11 is 0. The number of rotatable bonds is 2. The Labute approximate surface area is 134 Å². The zero-order valence-electron chi connectivity index (χ0n) is 13.9. The van der Waals surface area contributed by atoms with Crippen LogP contribution in [0.5, 0.6) is 5.75 Å². The lowest BCUT2D eigenvalue weighted by atomic mass is 9.57. The maximum absolute atomic E-state index is 6.68. The molecule has 2 saturated carbocycles. The second kappa shape index (κ2) is 5.56. The second-order valence-corrected chi connectivity index (χ2v) is 7.72. The Bertz CT molecular complexity index is 538. The quantitative estimate of drug-likeness (QED) is 0.772. The smallest absolute Gasteiger partial charge is 0.125 e. The van der Waals surface area contributed by atoms with Crippen molar-refractivity contribution in [2.45, 2.75) is 64.1 Å². The Kier molecular flexibility index (Phi) is 3.68. The van der Waals surface area contributed by atoms with E-state index in [-0.39, 0.29) is 11.7 Å². The van der Waals surface area contributed by atoms with E-state index in [0.29, 0.717) is 5.92 Å². The van der Waals surface area contributed by atoms with Gasteiger partial charge < -0.3 is 9.47 Å². The van der Waals surface area contributed by atoms with E-state index in [4.69, 9.17) is 9.47 Å². The van der Waals surface area contributed by atoms with Crippen molar-refractivity contribution in [3.63, 3.8) is 0 Å². The van der Waals surface area contributed by atoms with Crippen LogP contribution in [-0.2, 0) is 10.3 Å². The van der Waals surface area contributed by atoms with Crippen molar-refractivity contribution in [2.24, 2.45) is 17.8 Å². The standard InChI is InChI=1S/C20H28O2/c1-14(2)22-20-12-11-15-7-3-4-8-16(15)18(20)13-21-19-10-6-5-9-17(19)20/h5-6,9-10,14-16,18H,3-4,7-8,11-13H2,1-2H3. The van der Waals surface area contributed by atoms with E-state index in [1.165, 1.54) is 37.7 Å². The molecule has 1 aliphatic heterocycles. The van der Waals surface area contributed by atoms with Gasteiger partial charge in [-0.25, -0.2) is 0 Å². The lowest BCUT2D eigenvalue weighted by molar-refractivity contribution is -0.191. The van der Waals surface area contributed by atoms with E-state index >= 15 is 0 Å². The molecule has 0 spiro atoms. The minimum atomic E-state index is -0.110. The van der Waals surface area contributed by atoms with Gasteiger partial charge in [-0.2, -0.15) is 0 Å². The molecule has 2 heteroatoms. The number of benzene rings is 1. The van der Waals surface area contributed by atoms with Gasteiger partial charge in [0, 0.05) is 11.5 Å². The van der Waals surface area contributed by atoms with Crippen molar-refractivity contribution in [1.82, 2.24) is 0 Å². The highest BCUT2D eigenvalue weighted by atomic mass is 16.5. The van der Waals surface area contributed by atoms with Gasteiger partial charge in [-0.1, -0.05) is 37.5 Å². The molecule has 0 aromatic heterocycles. The molecule has 2 nitrogen and oxygen atoms in total. The van der Waals surface area contributed by atoms with E-state index in [9.17, 15) is 0 Å². The van der Waals surface area contributed by atoms with E-state index in [0.717, 1.165) is 30.6 Å². The average Bonchev–Trinajstić information content (AvgIpc) is 2.54. The summed E-state index contributed by atoms with van der Waals surface area (Å²) in [6, 6.07) is 8.58. The fourth-order valence-electron chi connectivity index (χ4n) is 5.40. The molecule has 4 atom stereocenters. The summed E-state index contributed by atoms with van der Waals surface area (Å²) in [6.45, 7) is 5.19. The number of ether oxygens (including phenoxy) is 2. The Morgan fingerprint density at radius 3 is 2.82 bits per heavy atom. The lowest BCUT2D eigenvalue weighted by Gasteiger charge is -2.55. The Morgan fingerprint density at radius 2 is 1.95 bits per heavy atom. The molecule has 1 heterocycles. The SMILES string of the molecule is CC(C)OC12CCC3CCCCC3C1COc1ccccc12. The predicted octanol–water partition coefficient (Wildman–Crippen LogP) is 4.92. The number of fused-ring (bicyclic) bond motifs is 5. The van der Waals surface area contributed by atoms with Crippen molar-refractivity contribution < 1.29 is 9.47 Å². The summed E-state index contributed by atoms with van der Waals surface area (Å²) < 4.78 is 12.8. The zero-order valence-corrected chi connectivity index (χ0v) is 13.9. The van der Waals surface area contributed by atoms with E-state index < -0.39 is 0 Å². The molecule has 1 aromatic rings. The molecular formula is C20H28O2. The first kappa shape index (κ1) is 14.6. The van der Waals surface area contributed by atoms with Crippen LogP contribution in [0.25, 0.3) is 0 Å². The summed E-state index contributed by atoms with van der Waals surface area (Å²) in [5, 5.41) is 0. The molecule has 3 aliphatic rings. The third kappa shape index (κ3) is 2.19. The van der Waals surface area contributed by atoms with Gasteiger partial charge >= 0.3 is 0 Å². The van der Waals surface area contributed by atoms with E-state index in [2.05, 4.69) is 38.1 Å². The minimum Gasteiger partial charge on any atom is -0.493 e. The van der Waals surface area contributed by atoms with Crippen LogP contribution in [0.2, 0.25) is 0 Å². The highest BCUT2D eigenvalue weighted by molar-refractivity contribution is 5.41. The number of hydrogen-bond acceptors (Lipinski definition) is 2. The highest BCUT2D eigenvalue weighted by Crippen LogP contribution is 2.57. The molecule has 1 aromatic carbocycles. The molecule has 22 heavy (non-hydrogen) atoms. The van der Waals surface area contributed by atoms with Gasteiger partial charge in [0.05, 0.1) is 12.7 Å². The Balaban J connectivity index is 1.78. The van der Waals surface area contributed by atoms with Crippen molar-refractivity contribution in [1.29, 1.82) is 0 Å². The molecule has 0 radical (unpaired) electrons. The van der Waals surface area contributed by atoms with Gasteiger partial charge in [0.15, 0.2) is 0 Å². The third-order valence-electron chi connectivity index (χ3n) is 6.18. The largest absolute Gasteiger partial charge is 0.493 e. The van der Waals surface area contributed by atoms with Gasteiger partial charge in [0.2, 0.25) is 0 Å². The summed E-state index contributed by atoms with van der Waals surface area (Å²) in [7, 11) is 0. The summed E-state index contributed by atoms with van der Waals surface area (Å²) in [5.41, 5.74) is 1.20. The highest BCUT2D eigenvalue weighted by Gasteiger charge is 2.54. The van der Waals surface area contributed by atoms with E-state index in [1.807, 2.05) is 0 Å². The van der Waals surface area contributed by atoms with Crippen LogP contribution in [0.1, 0.15) is 57.9 Å². The first-order valence-corrected chi connectivity index (χ1v) is 9.11. The van der Waals surface area contributed by atoms with Gasteiger partial charge in [0.1, 0.15) is 11.4 Å². The molecule has 2 fully saturated rings. The number of hydrogen-bond donors (Lipinski definition) is 0. The van der Waals surface area contributed by atoms with Gasteiger partial charge in [0.25, 0.3) is 0 Å². The maximum atomic E-state index is 6.68. The summed E-state index contributed by atoms with van der Waals surface area (Å²) in [5.74, 6) is 3.27. The maximum Gasteiger partial charge on any atom is 0.125 e. The summed E-state index contributed by atoms with van der Waals surface area (Å²) in [4.78, 5) is 0. The molecule has 0 N–H and O–H groups in total. The van der Waals surface area contributed by atoms with Crippen LogP contribution < -0.4 is 4.74 Å². The van der Waals surface area contributed by atoms with Crippen molar-refractivity contribution >= 4 is 0 Å². The normalized spacial score (nSPS) is 37.0. The predicted molar refractivity (Wildman–Crippen MR) is 88.0 cm³/mol. The van der Waals surface area contributed by atoms with Crippen LogP contribution in [0.3, 0.4) is 0 Å². The van der Waals surface area contributed by atoms with Gasteiger partial charge in [-0.15, -0.1) is 0 Å². The van der Waals surface area contributed by atoms with Crippen molar-refractivity contribution in [3.05, 3.63) is 29.8 Å². The molecule has 0 saturated heterocycles. The Morgan fingerprint density at radius 1 is 1.14 bits per heavy atom. The minimum absolute atomic E-state index is 0.110. The molecule has 4 rings (SSSR count). The first-order valence-electron chi connectivity index (χ1n) is 9.11. The topological polar surface area (TPSA) is 18.5 Å². The molecule has 0 bridgehead atoms. The van der Waals surface area contributed by atoms with Crippen LogP contribution in [-0.4, -0.2) is 12.7 Å². The lowest BCUT2D eigenvalue weighted by Crippen LogP contribution is -2.54. The first-order chi connectivity index (χ1) is 10.7. The molecular weight excluding hydrogens is 272 g/mol. The third-order valence-corrected chi connectivity index (χ3v) is 6.18. The van der Waals surface area contributed by atoms with Crippen LogP contribution in [0.15, 0.2) is 24.3 Å². The van der Waals surface area contributed by atoms with Crippen LogP contribution >= 0.6 is 0 Å². The van der Waals surface area contributed by atoms with Gasteiger partial charge in [-0.3, -0.25) is 0 Å². The van der Waals surface area contributed by atoms with Gasteiger partial charge in [-0.05, 0) is 51.0 Å². The molecule has 120 valence electrons. The van der Waals surface area contributed by atoms with Crippen molar-refractivity contribution in [2.75, 3.05) is 6.61 Å². The fraction of sp³-hybridized carbons (Fsp3) is 0.700. The second-order valence-electron chi connectivity index (χ2n) is 7.72.